The van der Waals surface area contributed by atoms with Gasteiger partial charge >= 0.3 is 6.09 Å². The Bertz CT molecular complexity index is 1130. The van der Waals surface area contributed by atoms with Crippen LogP contribution in [0.4, 0.5) is 19.3 Å². The Kier molecular flexibility index (Phi) is 5.60. The minimum Gasteiger partial charge on any atom is -0.444 e. The molecule has 0 spiro atoms. The molecule has 2 heterocycles. The van der Waals surface area contributed by atoms with Gasteiger partial charge in [0.2, 0.25) is 11.8 Å². The summed E-state index contributed by atoms with van der Waals surface area (Å²) in [5, 5.41) is 4.28. The van der Waals surface area contributed by atoms with Gasteiger partial charge in [0.1, 0.15) is 30.0 Å². The SMILES string of the molecule is Cc1cc(F)c(NC(=O)OCc2ccc3c(c2)C(=O)N(C2CCC(=O)NC2=O)C3)c(F)c1. The van der Waals surface area contributed by atoms with Crippen LogP contribution in [-0.4, -0.2) is 34.8 Å². The molecule has 0 aliphatic carbocycles. The quantitative estimate of drug-likeness (QED) is 0.707. The van der Waals surface area contributed by atoms with Gasteiger partial charge in [-0.2, -0.15) is 0 Å². The van der Waals surface area contributed by atoms with E-state index in [-0.39, 0.29) is 37.8 Å². The highest BCUT2D eigenvalue weighted by Crippen LogP contribution is 2.28. The van der Waals surface area contributed by atoms with Crippen LogP contribution in [0.2, 0.25) is 0 Å². The molecule has 8 nitrogen and oxygen atoms in total. The molecule has 0 saturated carbocycles. The first-order chi connectivity index (χ1) is 15.2. The monoisotopic (exact) mass is 443 g/mol. The van der Waals surface area contributed by atoms with Gasteiger partial charge in [0.25, 0.3) is 5.91 Å². The topological polar surface area (TPSA) is 105 Å². The molecule has 10 heteroatoms. The number of piperidine rings is 1. The number of nitrogens with zero attached hydrogens (tertiary/aromatic N) is 1. The molecule has 0 bridgehead atoms. The van der Waals surface area contributed by atoms with E-state index in [4.69, 9.17) is 4.74 Å². The van der Waals surface area contributed by atoms with Gasteiger partial charge in [0.15, 0.2) is 0 Å². The molecule has 1 saturated heterocycles. The van der Waals surface area contributed by atoms with E-state index in [1.54, 1.807) is 18.2 Å². The van der Waals surface area contributed by atoms with Gasteiger partial charge in [-0.3, -0.25) is 25.0 Å². The smallest absolute Gasteiger partial charge is 0.412 e. The van der Waals surface area contributed by atoms with Crippen LogP contribution in [0.25, 0.3) is 0 Å². The summed E-state index contributed by atoms with van der Waals surface area (Å²) in [5.74, 6) is -3.06. The summed E-state index contributed by atoms with van der Waals surface area (Å²) in [6, 6.07) is 6.33. The molecular weight excluding hydrogens is 424 g/mol. The largest absolute Gasteiger partial charge is 0.444 e. The number of halogens is 2. The van der Waals surface area contributed by atoms with Gasteiger partial charge in [-0.1, -0.05) is 12.1 Å². The van der Waals surface area contributed by atoms with Gasteiger partial charge in [0.05, 0.1) is 0 Å². The lowest BCUT2D eigenvalue weighted by molar-refractivity contribution is -0.136. The second-order valence-corrected chi connectivity index (χ2v) is 7.70. The predicted molar refractivity (Wildman–Crippen MR) is 107 cm³/mol. The summed E-state index contributed by atoms with van der Waals surface area (Å²) in [6.45, 7) is 1.51. The van der Waals surface area contributed by atoms with Crippen LogP contribution in [0.15, 0.2) is 30.3 Å². The number of anilines is 1. The Morgan fingerprint density at radius 2 is 1.91 bits per heavy atom. The Hall–Kier alpha value is -3.82. The molecule has 2 aromatic carbocycles. The van der Waals surface area contributed by atoms with E-state index in [2.05, 4.69) is 5.32 Å². The van der Waals surface area contributed by atoms with Gasteiger partial charge in [-0.15, -0.1) is 0 Å². The van der Waals surface area contributed by atoms with Crippen LogP contribution < -0.4 is 10.6 Å². The lowest BCUT2D eigenvalue weighted by Gasteiger charge is -2.29. The molecule has 0 radical (unpaired) electrons. The van der Waals surface area contributed by atoms with Gasteiger partial charge in [-0.25, -0.2) is 13.6 Å². The Balaban J connectivity index is 1.40. The van der Waals surface area contributed by atoms with E-state index in [1.165, 1.54) is 11.8 Å². The third kappa shape index (κ3) is 4.16. The van der Waals surface area contributed by atoms with Crippen molar-refractivity contribution in [1.29, 1.82) is 0 Å². The molecule has 1 atom stereocenters. The third-order valence-electron chi connectivity index (χ3n) is 5.38. The van der Waals surface area contributed by atoms with Crippen LogP contribution in [0.5, 0.6) is 0 Å². The molecule has 1 fully saturated rings. The number of fused-ring (bicyclic) bond motifs is 1. The summed E-state index contributed by atoms with van der Waals surface area (Å²) in [7, 11) is 0. The zero-order valence-electron chi connectivity index (χ0n) is 17.0. The minimum absolute atomic E-state index is 0.160. The average Bonchev–Trinajstić information content (AvgIpc) is 3.05. The van der Waals surface area contributed by atoms with Gasteiger partial charge in [-0.05, 0) is 48.2 Å². The highest BCUT2D eigenvalue weighted by molar-refractivity contribution is 6.05. The molecule has 2 aliphatic heterocycles. The number of hydrogen-bond donors (Lipinski definition) is 2. The van der Waals surface area contributed by atoms with Crippen molar-refractivity contribution in [3.63, 3.8) is 0 Å². The van der Waals surface area contributed by atoms with Crippen molar-refractivity contribution >= 4 is 29.5 Å². The van der Waals surface area contributed by atoms with E-state index < -0.39 is 35.4 Å². The Morgan fingerprint density at radius 1 is 1.19 bits per heavy atom. The molecule has 4 amide bonds. The van der Waals surface area contributed by atoms with E-state index in [9.17, 15) is 28.0 Å². The maximum Gasteiger partial charge on any atom is 0.412 e. The van der Waals surface area contributed by atoms with Gasteiger partial charge < -0.3 is 9.64 Å². The van der Waals surface area contributed by atoms with Crippen LogP contribution >= 0.6 is 0 Å². The maximum absolute atomic E-state index is 13.9. The fourth-order valence-electron chi connectivity index (χ4n) is 3.80. The van der Waals surface area contributed by atoms with Crippen molar-refractivity contribution in [2.45, 2.75) is 39.0 Å². The number of hydrogen-bond acceptors (Lipinski definition) is 5. The van der Waals surface area contributed by atoms with Crippen molar-refractivity contribution < 1.29 is 32.7 Å². The minimum atomic E-state index is -1.05. The number of aryl methyl sites for hydroxylation is 1. The third-order valence-corrected chi connectivity index (χ3v) is 5.38. The molecule has 1 unspecified atom stereocenters. The van der Waals surface area contributed by atoms with Crippen LogP contribution in [0, 0.1) is 18.6 Å². The number of imide groups is 1. The standard InChI is InChI=1S/C22H19F2N3O5/c1-11-6-15(23)19(16(24)7-11)26-22(31)32-10-12-2-3-13-9-27(21(30)14(13)8-12)17-4-5-18(28)25-20(17)29/h2-3,6-8,17H,4-5,9-10H2,1H3,(H,26,31)(H,25,28,29). The van der Waals surface area contributed by atoms with Crippen molar-refractivity contribution in [1.82, 2.24) is 10.2 Å². The molecule has 2 N–H and O–H groups in total. The maximum atomic E-state index is 13.9. The molecule has 2 aliphatic rings. The number of benzene rings is 2. The van der Waals surface area contributed by atoms with Crippen molar-refractivity contribution in [3.8, 4) is 0 Å². The molecule has 4 rings (SSSR count). The normalized spacial score (nSPS) is 17.8. The Labute approximate surface area is 181 Å². The van der Waals surface area contributed by atoms with Crippen molar-refractivity contribution in [3.05, 3.63) is 64.2 Å². The number of carbonyl (C=O) groups excluding carboxylic acids is 4. The van der Waals surface area contributed by atoms with E-state index in [0.29, 0.717) is 22.3 Å². The van der Waals surface area contributed by atoms with E-state index >= 15 is 0 Å². The van der Waals surface area contributed by atoms with Crippen LogP contribution in [-0.2, 0) is 27.5 Å². The van der Waals surface area contributed by atoms with Crippen LogP contribution in [0.1, 0.15) is 39.9 Å². The summed E-state index contributed by atoms with van der Waals surface area (Å²) >= 11 is 0. The second kappa shape index (κ2) is 8.37. The second-order valence-electron chi connectivity index (χ2n) is 7.70. The number of amides is 4. The predicted octanol–water partition coefficient (Wildman–Crippen LogP) is 2.78. The number of carbonyl (C=O) groups is 4. The zero-order valence-corrected chi connectivity index (χ0v) is 17.0. The summed E-state index contributed by atoms with van der Waals surface area (Å²) in [5.41, 5.74) is 1.32. The number of rotatable bonds is 4. The number of nitrogens with one attached hydrogen (secondary N) is 2. The molecular formula is C22H19F2N3O5. The fraction of sp³-hybridized carbons (Fsp3) is 0.273. The molecule has 32 heavy (non-hydrogen) atoms. The molecule has 0 aromatic heterocycles. The zero-order chi connectivity index (χ0) is 23.0. The summed E-state index contributed by atoms with van der Waals surface area (Å²) in [4.78, 5) is 49.7. The van der Waals surface area contributed by atoms with Crippen LogP contribution in [0.3, 0.4) is 0 Å². The van der Waals surface area contributed by atoms with Gasteiger partial charge in [0, 0.05) is 18.5 Å². The highest BCUT2D eigenvalue weighted by Gasteiger charge is 2.39. The van der Waals surface area contributed by atoms with E-state index in [0.717, 1.165) is 12.1 Å². The Morgan fingerprint density at radius 3 is 2.59 bits per heavy atom. The first-order valence-electron chi connectivity index (χ1n) is 9.89. The first-order valence-corrected chi connectivity index (χ1v) is 9.89. The highest BCUT2D eigenvalue weighted by atomic mass is 19.1. The average molecular weight is 443 g/mol. The first kappa shape index (κ1) is 21.4. The molecule has 166 valence electrons. The lowest BCUT2D eigenvalue weighted by Crippen LogP contribution is -2.52. The molecule has 2 aromatic rings. The fourth-order valence-corrected chi connectivity index (χ4v) is 3.80. The summed E-state index contributed by atoms with van der Waals surface area (Å²) in [6.07, 6.45) is -0.636. The lowest BCUT2D eigenvalue weighted by atomic mass is 10.0. The van der Waals surface area contributed by atoms with E-state index in [1.807, 2.05) is 5.32 Å². The van der Waals surface area contributed by atoms with Crippen molar-refractivity contribution in [2.75, 3.05) is 5.32 Å². The number of ether oxygens (including phenoxy) is 1. The van der Waals surface area contributed by atoms with Crippen molar-refractivity contribution in [2.24, 2.45) is 0 Å². The summed E-state index contributed by atoms with van der Waals surface area (Å²) < 4.78 is 32.8.